The number of methoxy groups -OCH3 is 1. The minimum atomic E-state index is -3.02. The van der Waals surface area contributed by atoms with Gasteiger partial charge in [-0.2, -0.15) is 8.78 Å². The van der Waals surface area contributed by atoms with Crippen LogP contribution in [0.5, 0.6) is 11.5 Å². The van der Waals surface area contributed by atoms with E-state index in [1.165, 1.54) is 31.6 Å². The van der Waals surface area contributed by atoms with Gasteiger partial charge in [0.1, 0.15) is 22.6 Å². The van der Waals surface area contributed by atoms with Gasteiger partial charge in [-0.15, -0.1) is 0 Å². The van der Waals surface area contributed by atoms with Gasteiger partial charge < -0.3 is 24.2 Å². The second-order valence-electron chi connectivity index (χ2n) is 6.72. The summed E-state index contributed by atoms with van der Waals surface area (Å²) in [5, 5.41) is 2.69. The molecule has 1 amide bonds. The molecule has 0 atom stereocenters. The third kappa shape index (κ3) is 4.02. The monoisotopic (exact) mass is 441 g/mol. The number of hydrogen-bond donors (Lipinski definition) is 2. The second kappa shape index (κ2) is 8.50. The molecule has 2 heterocycles. The highest BCUT2D eigenvalue weighted by Crippen LogP contribution is 2.35. The molecule has 0 bridgehead atoms. The molecule has 0 fully saturated rings. The van der Waals surface area contributed by atoms with E-state index in [-0.39, 0.29) is 28.2 Å². The van der Waals surface area contributed by atoms with E-state index >= 15 is 0 Å². The molecule has 0 aliphatic carbocycles. The number of rotatable bonds is 6. The maximum absolute atomic E-state index is 12.9. The number of aromatic nitrogens is 2. The van der Waals surface area contributed by atoms with E-state index in [1.54, 1.807) is 31.2 Å². The summed E-state index contributed by atoms with van der Waals surface area (Å²) >= 11 is 0. The lowest BCUT2D eigenvalue weighted by Crippen LogP contribution is -2.16. The van der Waals surface area contributed by atoms with E-state index in [9.17, 15) is 18.4 Å². The number of nitrogens with zero attached hydrogens (tertiary/aromatic N) is 1. The topological polar surface area (TPSA) is 106 Å². The highest BCUT2D eigenvalue weighted by atomic mass is 19.3. The number of H-pyrrole nitrogens is 1. The molecule has 0 spiro atoms. The summed E-state index contributed by atoms with van der Waals surface area (Å²) in [5.41, 5.74) is 0.763. The van der Waals surface area contributed by atoms with Crippen LogP contribution in [0.25, 0.3) is 22.2 Å². The molecule has 0 aliphatic heterocycles. The van der Waals surface area contributed by atoms with Crippen molar-refractivity contribution in [2.45, 2.75) is 13.5 Å². The van der Waals surface area contributed by atoms with Crippen LogP contribution < -0.4 is 20.3 Å². The number of hydrogen-bond acceptors (Lipinski definition) is 6. The Balaban J connectivity index is 1.72. The van der Waals surface area contributed by atoms with Crippen molar-refractivity contribution in [2.24, 2.45) is 0 Å². The summed E-state index contributed by atoms with van der Waals surface area (Å²) in [7, 11) is 1.51. The van der Waals surface area contributed by atoms with E-state index in [1.807, 2.05) is 0 Å². The van der Waals surface area contributed by atoms with E-state index in [2.05, 4.69) is 20.0 Å². The van der Waals surface area contributed by atoms with E-state index in [4.69, 9.17) is 9.15 Å². The highest BCUT2D eigenvalue weighted by Gasteiger charge is 2.22. The van der Waals surface area contributed by atoms with Gasteiger partial charge in [0.25, 0.3) is 11.5 Å². The Morgan fingerprint density at radius 2 is 1.94 bits per heavy atom. The van der Waals surface area contributed by atoms with Crippen LogP contribution in [-0.2, 0) is 0 Å². The summed E-state index contributed by atoms with van der Waals surface area (Å²) in [5.74, 6) is 0.141. The van der Waals surface area contributed by atoms with Crippen molar-refractivity contribution >= 4 is 22.7 Å². The van der Waals surface area contributed by atoms with Crippen LogP contribution in [-0.4, -0.2) is 29.6 Å². The molecule has 0 aliphatic rings. The Morgan fingerprint density at radius 3 is 2.62 bits per heavy atom. The van der Waals surface area contributed by atoms with Gasteiger partial charge in [-0.25, -0.2) is 4.98 Å². The molecule has 164 valence electrons. The van der Waals surface area contributed by atoms with Crippen LogP contribution in [0.2, 0.25) is 0 Å². The number of amides is 1. The number of nitrogens with one attached hydrogen (secondary N) is 2. The lowest BCUT2D eigenvalue weighted by molar-refractivity contribution is -0.0494. The molecule has 0 radical (unpaired) electrons. The van der Waals surface area contributed by atoms with Crippen LogP contribution >= 0.6 is 0 Å². The molecule has 4 rings (SSSR count). The Labute approximate surface area is 179 Å². The smallest absolute Gasteiger partial charge is 0.387 e. The maximum atomic E-state index is 12.9. The molecular formula is C22H17F2N3O5. The van der Waals surface area contributed by atoms with E-state index in [0.717, 1.165) is 0 Å². The molecule has 0 saturated heterocycles. The zero-order chi connectivity index (χ0) is 22.8. The predicted molar refractivity (Wildman–Crippen MR) is 112 cm³/mol. The average molecular weight is 441 g/mol. The van der Waals surface area contributed by atoms with Gasteiger partial charge in [-0.1, -0.05) is 12.1 Å². The van der Waals surface area contributed by atoms with Gasteiger partial charge in [0.15, 0.2) is 0 Å². The van der Waals surface area contributed by atoms with Gasteiger partial charge in [-0.05, 0) is 42.8 Å². The lowest BCUT2D eigenvalue weighted by Gasteiger charge is -2.14. The number of furan rings is 1. The summed E-state index contributed by atoms with van der Waals surface area (Å²) in [6.45, 7) is -1.48. The van der Waals surface area contributed by atoms with Crippen molar-refractivity contribution in [3.8, 4) is 22.6 Å². The van der Waals surface area contributed by atoms with Crippen LogP contribution in [0.1, 0.15) is 16.1 Å². The zero-order valence-corrected chi connectivity index (χ0v) is 16.9. The van der Waals surface area contributed by atoms with Crippen molar-refractivity contribution < 1.29 is 27.5 Å². The van der Waals surface area contributed by atoms with Crippen LogP contribution in [0.4, 0.5) is 14.5 Å². The van der Waals surface area contributed by atoms with Gasteiger partial charge in [0, 0.05) is 11.3 Å². The molecule has 2 N–H and O–H groups in total. The summed E-state index contributed by atoms with van der Waals surface area (Å²) in [4.78, 5) is 31.4. The fraction of sp³-hybridized carbons (Fsp3) is 0.136. The highest BCUT2D eigenvalue weighted by molar-refractivity contribution is 6.12. The number of benzene rings is 2. The third-order valence-corrected chi connectivity index (χ3v) is 4.75. The number of carbonyl (C=O) groups is 1. The first-order valence-electron chi connectivity index (χ1n) is 9.39. The first-order valence-corrected chi connectivity index (χ1v) is 9.39. The number of aromatic amines is 1. The molecule has 0 unspecified atom stereocenters. The minimum absolute atomic E-state index is 0.0236. The number of halogens is 2. The quantitative estimate of drug-likeness (QED) is 0.461. The van der Waals surface area contributed by atoms with Crippen LogP contribution in [0, 0.1) is 6.92 Å². The Morgan fingerprint density at radius 1 is 1.19 bits per heavy atom. The maximum Gasteiger partial charge on any atom is 0.387 e. The number of alkyl halides is 2. The Hall–Kier alpha value is -4.21. The minimum Gasteiger partial charge on any atom is -0.497 e. The standard InChI is InChI=1S/C22H17F2N3O5/c1-11-17(18-19(28)25-10-26-21(18)31-11)20(29)27-13-5-8-16(32-22(23)24)15(9-13)12-3-6-14(30-2)7-4-12/h3-10,22H,1-2H3,(H,27,29)(H,25,26,28). The second-order valence-corrected chi connectivity index (χ2v) is 6.72. The SMILES string of the molecule is COc1ccc(-c2cc(NC(=O)c3c(C)oc4nc[nH]c(=O)c34)ccc2OC(F)F)cc1. The number of carbonyl (C=O) groups excluding carboxylic acids is 1. The van der Waals surface area contributed by atoms with Gasteiger partial charge in [0.05, 0.1) is 19.0 Å². The van der Waals surface area contributed by atoms with E-state index < -0.39 is 18.1 Å². The molecule has 32 heavy (non-hydrogen) atoms. The van der Waals surface area contributed by atoms with Crippen molar-refractivity contribution in [3.63, 3.8) is 0 Å². The molecule has 10 heteroatoms. The van der Waals surface area contributed by atoms with Gasteiger partial charge in [-0.3, -0.25) is 9.59 Å². The summed E-state index contributed by atoms with van der Waals surface area (Å²) in [6.07, 6.45) is 1.18. The molecule has 4 aromatic rings. The fourth-order valence-electron chi connectivity index (χ4n) is 3.32. The third-order valence-electron chi connectivity index (χ3n) is 4.75. The summed E-state index contributed by atoms with van der Waals surface area (Å²) < 4.78 is 41.0. The normalized spacial score (nSPS) is 11.0. The predicted octanol–water partition coefficient (Wildman–Crippen LogP) is 4.35. The van der Waals surface area contributed by atoms with Crippen LogP contribution in [0.15, 0.2) is 58.0 Å². The Bertz CT molecular complexity index is 1350. The number of ether oxygens (including phenoxy) is 2. The average Bonchev–Trinajstić information content (AvgIpc) is 3.12. The van der Waals surface area contributed by atoms with Gasteiger partial charge in [0.2, 0.25) is 5.71 Å². The number of anilines is 1. The molecule has 0 saturated carbocycles. The van der Waals surface area contributed by atoms with Crippen molar-refractivity contribution in [1.29, 1.82) is 0 Å². The summed E-state index contributed by atoms with van der Waals surface area (Å²) in [6, 6.07) is 10.9. The van der Waals surface area contributed by atoms with E-state index in [0.29, 0.717) is 22.6 Å². The van der Waals surface area contributed by atoms with Crippen LogP contribution in [0.3, 0.4) is 0 Å². The van der Waals surface area contributed by atoms with Crippen molar-refractivity contribution in [3.05, 3.63) is 70.5 Å². The van der Waals surface area contributed by atoms with Crippen molar-refractivity contribution in [2.75, 3.05) is 12.4 Å². The van der Waals surface area contributed by atoms with Gasteiger partial charge >= 0.3 is 6.61 Å². The molecule has 2 aromatic carbocycles. The fourth-order valence-corrected chi connectivity index (χ4v) is 3.32. The lowest BCUT2D eigenvalue weighted by atomic mass is 10.0. The first kappa shape index (κ1) is 21.0. The Kier molecular flexibility index (Phi) is 5.59. The molecule has 8 nitrogen and oxygen atoms in total. The molecular weight excluding hydrogens is 424 g/mol. The molecule has 2 aromatic heterocycles. The zero-order valence-electron chi connectivity index (χ0n) is 16.9. The largest absolute Gasteiger partial charge is 0.497 e. The number of aryl methyl sites for hydroxylation is 1. The first-order chi connectivity index (χ1) is 15.4. The van der Waals surface area contributed by atoms with Crippen molar-refractivity contribution in [1.82, 2.24) is 9.97 Å². The number of fused-ring (bicyclic) bond motifs is 1.